The van der Waals surface area contributed by atoms with Crippen molar-refractivity contribution < 1.29 is 13.2 Å². The van der Waals surface area contributed by atoms with Crippen molar-refractivity contribution in [3.63, 3.8) is 0 Å². The molecule has 2 rings (SSSR count). The molecule has 2 aromatic rings. The lowest BCUT2D eigenvalue weighted by Gasteiger charge is -2.19. The van der Waals surface area contributed by atoms with Crippen molar-refractivity contribution in [3.05, 3.63) is 57.2 Å². The molecule has 0 fully saturated rings. The molecule has 5 nitrogen and oxygen atoms in total. The van der Waals surface area contributed by atoms with Crippen LogP contribution in [0.2, 0.25) is 0 Å². The van der Waals surface area contributed by atoms with E-state index in [2.05, 4.69) is 27.9 Å². The standard InChI is InChI=1S/C18H21IN2O3S/c1-4-21(5-2)25(23,24)16-11-6-13(3)17(12-16)20-18(22)14-7-9-15(19)10-8-14/h6-12H,4-5H2,1-3H3,(H,20,22). The highest BCUT2D eigenvalue weighted by Crippen LogP contribution is 2.23. The van der Waals surface area contributed by atoms with Crippen LogP contribution in [-0.4, -0.2) is 31.7 Å². The van der Waals surface area contributed by atoms with Crippen LogP contribution in [0.15, 0.2) is 47.4 Å². The maximum absolute atomic E-state index is 12.7. The largest absolute Gasteiger partial charge is 0.322 e. The smallest absolute Gasteiger partial charge is 0.255 e. The van der Waals surface area contributed by atoms with E-state index in [9.17, 15) is 13.2 Å². The number of nitrogens with one attached hydrogen (secondary N) is 1. The van der Waals surface area contributed by atoms with Gasteiger partial charge in [-0.1, -0.05) is 19.9 Å². The fourth-order valence-corrected chi connectivity index (χ4v) is 4.25. The van der Waals surface area contributed by atoms with Crippen LogP contribution in [0.3, 0.4) is 0 Å². The van der Waals surface area contributed by atoms with Crippen LogP contribution in [0.25, 0.3) is 0 Å². The summed E-state index contributed by atoms with van der Waals surface area (Å²) in [5.41, 5.74) is 1.82. The van der Waals surface area contributed by atoms with E-state index in [0.29, 0.717) is 24.3 Å². The highest BCUT2D eigenvalue weighted by Gasteiger charge is 2.22. The van der Waals surface area contributed by atoms with Gasteiger partial charge in [-0.25, -0.2) is 8.42 Å². The van der Waals surface area contributed by atoms with Gasteiger partial charge in [0.2, 0.25) is 10.0 Å². The summed E-state index contributed by atoms with van der Waals surface area (Å²) in [6.07, 6.45) is 0. The molecule has 7 heteroatoms. The van der Waals surface area contributed by atoms with Crippen LogP contribution in [-0.2, 0) is 10.0 Å². The molecule has 0 spiro atoms. The van der Waals surface area contributed by atoms with E-state index in [0.717, 1.165) is 9.13 Å². The molecule has 0 aliphatic heterocycles. The third kappa shape index (κ3) is 4.59. The molecule has 1 amide bonds. The zero-order valence-corrected chi connectivity index (χ0v) is 17.4. The van der Waals surface area contributed by atoms with Crippen LogP contribution < -0.4 is 5.32 Å². The number of amides is 1. The number of aryl methyl sites for hydroxylation is 1. The molecule has 25 heavy (non-hydrogen) atoms. The minimum atomic E-state index is -3.57. The van der Waals surface area contributed by atoms with Gasteiger partial charge < -0.3 is 5.32 Å². The van der Waals surface area contributed by atoms with Crippen molar-refractivity contribution in [2.75, 3.05) is 18.4 Å². The Kier molecular flexibility index (Phi) is 6.59. The average Bonchev–Trinajstić information content (AvgIpc) is 2.58. The van der Waals surface area contributed by atoms with Crippen molar-refractivity contribution in [1.82, 2.24) is 4.31 Å². The molecule has 0 bridgehead atoms. The monoisotopic (exact) mass is 472 g/mol. The number of rotatable bonds is 6. The Labute approximate surface area is 162 Å². The van der Waals surface area contributed by atoms with Crippen LogP contribution in [0, 0.1) is 10.5 Å². The molecule has 0 radical (unpaired) electrons. The molecule has 2 aromatic carbocycles. The molecule has 0 aliphatic rings. The minimum Gasteiger partial charge on any atom is -0.322 e. The average molecular weight is 472 g/mol. The van der Waals surface area contributed by atoms with E-state index in [4.69, 9.17) is 0 Å². The fraction of sp³-hybridized carbons (Fsp3) is 0.278. The molecule has 0 aliphatic carbocycles. The van der Waals surface area contributed by atoms with Crippen LogP contribution in [0.1, 0.15) is 29.8 Å². The minimum absolute atomic E-state index is 0.180. The van der Waals surface area contributed by atoms with E-state index in [1.165, 1.54) is 10.4 Å². The van der Waals surface area contributed by atoms with Crippen LogP contribution >= 0.6 is 22.6 Å². The number of benzene rings is 2. The summed E-state index contributed by atoms with van der Waals surface area (Å²) in [7, 11) is -3.57. The predicted molar refractivity (Wildman–Crippen MR) is 108 cm³/mol. The maximum atomic E-state index is 12.7. The maximum Gasteiger partial charge on any atom is 0.255 e. The Morgan fingerprint density at radius 2 is 1.68 bits per heavy atom. The Balaban J connectivity index is 2.33. The summed E-state index contributed by atoms with van der Waals surface area (Å²) in [6.45, 7) is 6.23. The Bertz CT molecular complexity index is 860. The first-order valence-corrected chi connectivity index (χ1v) is 10.5. The number of sulfonamides is 1. The second-order valence-electron chi connectivity index (χ2n) is 5.53. The van der Waals surface area contributed by atoms with Gasteiger partial charge in [0.25, 0.3) is 5.91 Å². The van der Waals surface area contributed by atoms with Gasteiger partial charge in [0.05, 0.1) is 4.90 Å². The number of carbonyl (C=O) groups excluding carboxylic acids is 1. The molecule has 1 N–H and O–H groups in total. The number of carbonyl (C=O) groups is 1. The molecular weight excluding hydrogens is 451 g/mol. The van der Waals surface area contributed by atoms with Crippen molar-refractivity contribution in [2.45, 2.75) is 25.7 Å². The van der Waals surface area contributed by atoms with E-state index in [-0.39, 0.29) is 10.8 Å². The zero-order chi connectivity index (χ0) is 18.6. The fourth-order valence-electron chi connectivity index (χ4n) is 2.40. The third-order valence-corrected chi connectivity index (χ3v) is 6.67. The van der Waals surface area contributed by atoms with Gasteiger partial charge in [0, 0.05) is 27.9 Å². The summed E-state index contributed by atoms with van der Waals surface area (Å²) < 4.78 is 27.8. The lowest BCUT2D eigenvalue weighted by atomic mass is 10.1. The van der Waals surface area contributed by atoms with Crippen molar-refractivity contribution in [2.24, 2.45) is 0 Å². The SMILES string of the molecule is CCN(CC)S(=O)(=O)c1ccc(C)c(NC(=O)c2ccc(I)cc2)c1. The Morgan fingerprint density at radius 3 is 2.24 bits per heavy atom. The zero-order valence-electron chi connectivity index (χ0n) is 14.4. The predicted octanol–water partition coefficient (Wildman–Crippen LogP) is 3.88. The lowest BCUT2D eigenvalue weighted by molar-refractivity contribution is 0.102. The summed E-state index contributed by atoms with van der Waals surface area (Å²) in [5, 5.41) is 2.81. The second-order valence-corrected chi connectivity index (χ2v) is 8.71. The second kappa shape index (κ2) is 8.29. The summed E-state index contributed by atoms with van der Waals surface area (Å²) in [4.78, 5) is 12.6. The van der Waals surface area contributed by atoms with Crippen molar-refractivity contribution in [3.8, 4) is 0 Å². The molecular formula is C18H21IN2O3S. The summed E-state index contributed by atoms with van der Waals surface area (Å²) in [5.74, 6) is -0.267. The molecule has 0 saturated heterocycles. The number of halogens is 1. The van der Waals surface area contributed by atoms with Crippen molar-refractivity contribution >= 4 is 44.2 Å². The van der Waals surface area contributed by atoms with E-state index in [1.54, 1.807) is 38.1 Å². The molecule has 0 unspecified atom stereocenters. The summed E-state index contributed by atoms with van der Waals surface area (Å²) >= 11 is 2.17. The molecule has 0 atom stereocenters. The van der Waals surface area contributed by atoms with Crippen molar-refractivity contribution in [1.29, 1.82) is 0 Å². The summed E-state index contributed by atoms with van der Waals surface area (Å²) in [6, 6.07) is 12.0. The topological polar surface area (TPSA) is 66.5 Å². The third-order valence-electron chi connectivity index (χ3n) is 3.91. The first-order chi connectivity index (χ1) is 11.8. The lowest BCUT2D eigenvalue weighted by Crippen LogP contribution is -2.30. The van der Waals surface area contributed by atoms with Gasteiger partial charge in [0.1, 0.15) is 0 Å². The highest BCUT2D eigenvalue weighted by atomic mass is 127. The number of hydrogen-bond acceptors (Lipinski definition) is 3. The number of anilines is 1. The Morgan fingerprint density at radius 1 is 1.08 bits per heavy atom. The van der Waals surface area contributed by atoms with E-state index >= 15 is 0 Å². The van der Waals surface area contributed by atoms with Crippen LogP contribution in [0.5, 0.6) is 0 Å². The quantitative estimate of drug-likeness (QED) is 0.649. The molecule has 134 valence electrons. The highest BCUT2D eigenvalue weighted by molar-refractivity contribution is 14.1. The van der Waals surface area contributed by atoms with Gasteiger partial charge in [0.15, 0.2) is 0 Å². The van der Waals surface area contributed by atoms with Gasteiger partial charge in [-0.15, -0.1) is 0 Å². The van der Waals surface area contributed by atoms with Gasteiger partial charge in [-0.05, 0) is 71.5 Å². The molecule has 0 saturated carbocycles. The van der Waals surface area contributed by atoms with Gasteiger partial charge in [-0.3, -0.25) is 4.79 Å². The van der Waals surface area contributed by atoms with E-state index < -0.39 is 10.0 Å². The number of hydrogen-bond donors (Lipinski definition) is 1. The first-order valence-electron chi connectivity index (χ1n) is 7.97. The molecule has 0 aromatic heterocycles. The Hall–Kier alpha value is -1.45. The van der Waals surface area contributed by atoms with E-state index in [1.807, 2.05) is 19.1 Å². The van der Waals surface area contributed by atoms with Gasteiger partial charge >= 0.3 is 0 Å². The normalized spacial score (nSPS) is 11.6. The first kappa shape index (κ1) is 19.9. The van der Waals surface area contributed by atoms with Crippen LogP contribution in [0.4, 0.5) is 5.69 Å². The van der Waals surface area contributed by atoms with Gasteiger partial charge in [-0.2, -0.15) is 4.31 Å². The molecule has 0 heterocycles. The number of nitrogens with zero attached hydrogens (tertiary/aromatic N) is 1.